The van der Waals surface area contributed by atoms with Gasteiger partial charge in [0.15, 0.2) is 5.82 Å². The molecule has 0 saturated heterocycles. The van der Waals surface area contributed by atoms with Crippen LogP contribution in [-0.2, 0) is 20.6 Å². The van der Waals surface area contributed by atoms with Gasteiger partial charge in [0.2, 0.25) is 0 Å². The summed E-state index contributed by atoms with van der Waals surface area (Å²) >= 11 is 5.94. The number of anilines is 2. The van der Waals surface area contributed by atoms with Crippen LogP contribution in [0.4, 0.5) is 16.3 Å². The Hall–Kier alpha value is -4.73. The zero-order valence-electron chi connectivity index (χ0n) is 25.6. The lowest BCUT2D eigenvalue weighted by atomic mass is 9.97. The van der Waals surface area contributed by atoms with Crippen LogP contribution in [0.3, 0.4) is 0 Å². The molecular weight excluding hydrogens is 590 g/mol. The van der Waals surface area contributed by atoms with Gasteiger partial charge in [-0.1, -0.05) is 48.5 Å². The number of hydrogen-bond acceptors (Lipinski definition) is 8. The van der Waals surface area contributed by atoms with E-state index in [1.54, 1.807) is 13.3 Å². The van der Waals surface area contributed by atoms with Gasteiger partial charge in [0, 0.05) is 40.6 Å². The largest absolute Gasteiger partial charge is 0.498 e. The number of carbonyl (C=O) groups excluding carboxylic acids is 1. The first-order chi connectivity index (χ1) is 21.7. The van der Waals surface area contributed by atoms with Crippen molar-refractivity contribution in [3.05, 3.63) is 96.0 Å². The molecular formula is C35H34ClN5O4. The summed E-state index contributed by atoms with van der Waals surface area (Å²) < 4.78 is 18.5. The van der Waals surface area contributed by atoms with E-state index in [9.17, 15) is 4.79 Å². The standard InChI is InChI=1S/C35H34ClN5O4/c1-35(2,3)45-34(42)41-29-14-13-26(18-25(29)21-37-41)38-33-27-19-31(44-16-15-36)30(43-4)20-28(27)39-32(40-33)24-12-8-11-23(17-24)22-9-6-5-7-10-22/h5-14,17-18,20-21,31H,15-16,19H2,1-4H3,(H,38,39,40). The van der Waals surface area contributed by atoms with Gasteiger partial charge in [0.1, 0.15) is 23.3 Å². The highest BCUT2D eigenvalue weighted by molar-refractivity contribution is 6.18. The molecule has 1 unspecified atom stereocenters. The molecule has 1 atom stereocenters. The fourth-order valence-electron chi connectivity index (χ4n) is 5.25. The highest BCUT2D eigenvalue weighted by Crippen LogP contribution is 2.35. The second-order valence-electron chi connectivity index (χ2n) is 11.6. The molecule has 0 spiro atoms. The zero-order valence-corrected chi connectivity index (χ0v) is 26.3. The third-order valence-corrected chi connectivity index (χ3v) is 7.44. The van der Waals surface area contributed by atoms with Crippen molar-refractivity contribution >= 4 is 46.2 Å². The van der Waals surface area contributed by atoms with Crippen LogP contribution < -0.4 is 5.32 Å². The highest BCUT2D eigenvalue weighted by atomic mass is 35.5. The molecule has 0 fully saturated rings. The highest BCUT2D eigenvalue weighted by Gasteiger charge is 2.28. The summed E-state index contributed by atoms with van der Waals surface area (Å²) in [5.74, 6) is 2.26. The number of nitrogens with zero attached hydrogens (tertiary/aromatic N) is 4. The van der Waals surface area contributed by atoms with E-state index in [2.05, 4.69) is 34.7 Å². The van der Waals surface area contributed by atoms with Crippen molar-refractivity contribution in [2.75, 3.05) is 24.9 Å². The molecule has 10 heteroatoms. The molecule has 0 radical (unpaired) electrons. The van der Waals surface area contributed by atoms with Crippen molar-refractivity contribution < 1.29 is 19.0 Å². The van der Waals surface area contributed by atoms with Crippen LogP contribution in [-0.4, -0.2) is 57.1 Å². The smallest absolute Gasteiger partial charge is 0.435 e. The van der Waals surface area contributed by atoms with Crippen LogP contribution >= 0.6 is 11.6 Å². The molecule has 5 aromatic rings. The molecule has 3 aromatic carbocycles. The summed E-state index contributed by atoms with van der Waals surface area (Å²) in [6.07, 6.45) is 3.19. The Morgan fingerprint density at radius 3 is 2.53 bits per heavy atom. The second-order valence-corrected chi connectivity index (χ2v) is 12.0. The molecule has 6 rings (SSSR count). The number of nitrogens with one attached hydrogen (secondary N) is 1. The predicted octanol–water partition coefficient (Wildman–Crippen LogP) is 7.85. The van der Waals surface area contributed by atoms with Crippen LogP contribution in [0.25, 0.3) is 39.5 Å². The summed E-state index contributed by atoms with van der Waals surface area (Å²) in [6.45, 7) is 5.85. The summed E-state index contributed by atoms with van der Waals surface area (Å²) in [5, 5.41) is 8.56. The first-order valence-corrected chi connectivity index (χ1v) is 15.2. The molecule has 1 aliphatic rings. The van der Waals surface area contributed by atoms with Crippen molar-refractivity contribution in [1.82, 2.24) is 19.7 Å². The third kappa shape index (κ3) is 6.69. The van der Waals surface area contributed by atoms with Crippen LogP contribution in [0.2, 0.25) is 0 Å². The average Bonchev–Trinajstić information content (AvgIpc) is 3.46. The first-order valence-electron chi connectivity index (χ1n) is 14.7. The minimum absolute atomic E-state index is 0.327. The molecule has 2 heterocycles. The fraction of sp³-hybridized carbons (Fsp3) is 0.257. The van der Waals surface area contributed by atoms with Crippen molar-refractivity contribution in [2.24, 2.45) is 0 Å². The first kappa shape index (κ1) is 30.3. The summed E-state index contributed by atoms with van der Waals surface area (Å²) in [4.78, 5) is 22.7. The molecule has 230 valence electrons. The van der Waals surface area contributed by atoms with Gasteiger partial charge in [0.05, 0.1) is 31.1 Å². The number of aromatic nitrogens is 4. The number of carbonyl (C=O) groups is 1. The summed E-state index contributed by atoms with van der Waals surface area (Å²) in [5.41, 5.74) is 5.47. The number of hydrogen-bond donors (Lipinski definition) is 1. The quantitative estimate of drug-likeness (QED) is 0.174. The van der Waals surface area contributed by atoms with E-state index in [1.165, 1.54) is 4.68 Å². The minimum atomic E-state index is -0.635. The Balaban J connectivity index is 1.40. The monoisotopic (exact) mass is 623 g/mol. The van der Waals surface area contributed by atoms with Crippen LogP contribution in [0, 0.1) is 0 Å². The number of benzene rings is 3. The Kier molecular flexibility index (Phi) is 8.56. The summed E-state index contributed by atoms with van der Waals surface area (Å²) in [6, 6.07) is 24.0. The molecule has 0 bridgehead atoms. The van der Waals surface area contributed by atoms with Gasteiger partial charge in [0.25, 0.3) is 0 Å². The number of alkyl halides is 1. The van der Waals surface area contributed by atoms with E-state index in [-0.39, 0.29) is 6.10 Å². The molecule has 45 heavy (non-hydrogen) atoms. The molecule has 9 nitrogen and oxygen atoms in total. The number of halogens is 1. The topological polar surface area (TPSA) is 100 Å². The van der Waals surface area contributed by atoms with E-state index < -0.39 is 11.7 Å². The Morgan fingerprint density at radius 2 is 1.78 bits per heavy atom. The van der Waals surface area contributed by atoms with Gasteiger partial charge in [-0.05, 0) is 56.2 Å². The van der Waals surface area contributed by atoms with E-state index >= 15 is 0 Å². The van der Waals surface area contributed by atoms with Crippen molar-refractivity contribution in [2.45, 2.75) is 38.9 Å². The number of fused-ring (bicyclic) bond motifs is 2. The predicted molar refractivity (Wildman–Crippen MR) is 177 cm³/mol. The minimum Gasteiger partial charge on any atom is -0.498 e. The Labute approximate surface area is 266 Å². The Bertz CT molecular complexity index is 1880. The maximum atomic E-state index is 12.7. The maximum absolute atomic E-state index is 12.7. The molecule has 0 aliphatic heterocycles. The van der Waals surface area contributed by atoms with Crippen LogP contribution in [0.15, 0.2) is 84.8 Å². The second kappa shape index (κ2) is 12.7. The number of ether oxygens (including phenoxy) is 3. The lowest BCUT2D eigenvalue weighted by Crippen LogP contribution is -2.27. The normalized spacial score (nSPS) is 14.5. The van der Waals surface area contributed by atoms with Gasteiger partial charge in [-0.15, -0.1) is 11.6 Å². The molecule has 0 saturated carbocycles. The van der Waals surface area contributed by atoms with E-state index in [1.807, 2.05) is 75.4 Å². The number of methoxy groups -OCH3 is 1. The lowest BCUT2D eigenvalue weighted by molar-refractivity contribution is 0.0491. The zero-order chi connectivity index (χ0) is 31.6. The molecule has 0 amide bonds. The van der Waals surface area contributed by atoms with Crippen molar-refractivity contribution in [1.29, 1.82) is 0 Å². The van der Waals surface area contributed by atoms with Gasteiger partial charge in [-0.25, -0.2) is 14.8 Å². The van der Waals surface area contributed by atoms with Gasteiger partial charge in [-0.3, -0.25) is 0 Å². The number of rotatable bonds is 8. The van der Waals surface area contributed by atoms with Gasteiger partial charge in [-0.2, -0.15) is 9.78 Å². The van der Waals surface area contributed by atoms with Gasteiger partial charge < -0.3 is 19.5 Å². The fourth-order valence-corrected chi connectivity index (χ4v) is 5.34. The van der Waals surface area contributed by atoms with Crippen molar-refractivity contribution in [3.8, 4) is 22.5 Å². The SMILES string of the molecule is COC1=Cc2nc(-c3cccc(-c4ccccc4)c3)nc(Nc3ccc4c(cnn4C(=O)OC(C)(C)C)c3)c2CC1OCCCl. The molecule has 2 aromatic heterocycles. The van der Waals surface area contributed by atoms with Crippen molar-refractivity contribution in [3.63, 3.8) is 0 Å². The Morgan fingerprint density at radius 1 is 1.00 bits per heavy atom. The lowest BCUT2D eigenvalue weighted by Gasteiger charge is -2.26. The summed E-state index contributed by atoms with van der Waals surface area (Å²) in [7, 11) is 1.63. The van der Waals surface area contributed by atoms with Gasteiger partial charge >= 0.3 is 6.09 Å². The third-order valence-electron chi connectivity index (χ3n) is 7.28. The molecule has 1 aliphatic carbocycles. The van der Waals surface area contributed by atoms with E-state index in [4.69, 9.17) is 35.8 Å². The van der Waals surface area contributed by atoms with E-state index in [0.717, 1.165) is 39.0 Å². The maximum Gasteiger partial charge on any atom is 0.435 e. The van der Waals surface area contributed by atoms with Crippen LogP contribution in [0.1, 0.15) is 32.0 Å². The van der Waals surface area contributed by atoms with Crippen LogP contribution in [0.5, 0.6) is 0 Å². The van der Waals surface area contributed by atoms with E-state index in [0.29, 0.717) is 41.8 Å². The molecule has 1 N–H and O–H groups in total. The average molecular weight is 624 g/mol.